The zero-order valence-electron chi connectivity index (χ0n) is 9.30. The third-order valence-corrected chi connectivity index (χ3v) is 2.76. The van der Waals surface area contributed by atoms with Crippen molar-refractivity contribution < 1.29 is 9.21 Å². The van der Waals surface area contributed by atoms with Crippen LogP contribution in [0.25, 0.3) is 0 Å². The number of hydrogen-bond acceptors (Lipinski definition) is 2. The molecule has 1 unspecified atom stereocenters. The number of halogens is 2. The van der Waals surface area contributed by atoms with Gasteiger partial charge in [0.1, 0.15) is 0 Å². The first kappa shape index (κ1) is 13.4. The predicted molar refractivity (Wildman–Crippen MR) is 65.1 cm³/mol. The molecule has 0 aliphatic carbocycles. The smallest absolute Gasteiger partial charge is 0.287 e. The van der Waals surface area contributed by atoms with Crippen molar-refractivity contribution in [2.24, 2.45) is 5.92 Å². The Labute approximate surface area is 105 Å². The fraction of sp³-hybridized carbons (Fsp3) is 0.545. The second kappa shape index (κ2) is 6.16. The molecule has 0 spiro atoms. The van der Waals surface area contributed by atoms with Gasteiger partial charge in [0, 0.05) is 11.9 Å². The van der Waals surface area contributed by atoms with Crippen LogP contribution < -0.4 is 5.32 Å². The second-order valence-electron chi connectivity index (χ2n) is 3.91. The molecule has 1 aromatic rings. The van der Waals surface area contributed by atoms with E-state index in [2.05, 4.69) is 5.32 Å². The summed E-state index contributed by atoms with van der Waals surface area (Å²) in [6.07, 6.45) is 0.736. The molecule has 1 atom stereocenters. The van der Waals surface area contributed by atoms with Gasteiger partial charge in [-0.25, -0.2) is 0 Å². The Morgan fingerprint density at radius 1 is 1.50 bits per heavy atom. The lowest BCUT2D eigenvalue weighted by atomic mass is 10.0. The predicted octanol–water partition coefficient (Wildman–Crippen LogP) is 3.32. The van der Waals surface area contributed by atoms with Crippen LogP contribution in [-0.2, 0) is 0 Å². The largest absolute Gasteiger partial charge is 0.440 e. The molecule has 1 aromatic heterocycles. The monoisotopic (exact) mass is 263 g/mol. The van der Waals surface area contributed by atoms with Crippen LogP contribution in [0.5, 0.6) is 0 Å². The van der Waals surface area contributed by atoms with Crippen LogP contribution in [0.1, 0.15) is 30.8 Å². The molecular weight excluding hydrogens is 249 g/mol. The Morgan fingerprint density at radius 3 is 2.62 bits per heavy atom. The van der Waals surface area contributed by atoms with Crippen LogP contribution >= 0.6 is 23.2 Å². The van der Waals surface area contributed by atoms with Crippen molar-refractivity contribution in [3.63, 3.8) is 0 Å². The van der Waals surface area contributed by atoms with Gasteiger partial charge < -0.3 is 9.73 Å². The van der Waals surface area contributed by atoms with E-state index in [0.29, 0.717) is 11.8 Å². The molecule has 0 aromatic carbocycles. The first-order valence-electron chi connectivity index (χ1n) is 5.16. The van der Waals surface area contributed by atoms with E-state index in [9.17, 15) is 4.79 Å². The second-order valence-corrected chi connectivity index (χ2v) is 4.66. The van der Waals surface area contributed by atoms with Gasteiger partial charge in [-0.05, 0) is 36.1 Å². The summed E-state index contributed by atoms with van der Waals surface area (Å²) in [6, 6.07) is 3.15. The molecule has 1 heterocycles. The summed E-state index contributed by atoms with van der Waals surface area (Å²) >= 11 is 11.3. The third-order valence-electron chi connectivity index (χ3n) is 2.34. The Hall–Kier alpha value is -0.670. The van der Waals surface area contributed by atoms with E-state index in [-0.39, 0.29) is 22.9 Å². The SMILES string of the molecule is CC(C)C(CCCl)NC(=O)c1ccc(Cl)o1. The number of furan rings is 1. The molecule has 16 heavy (non-hydrogen) atoms. The number of nitrogens with one attached hydrogen (secondary N) is 1. The van der Waals surface area contributed by atoms with Gasteiger partial charge in [0.25, 0.3) is 5.91 Å². The van der Waals surface area contributed by atoms with E-state index in [1.54, 1.807) is 12.1 Å². The van der Waals surface area contributed by atoms with Gasteiger partial charge in [-0.15, -0.1) is 11.6 Å². The van der Waals surface area contributed by atoms with E-state index in [1.165, 1.54) is 0 Å². The van der Waals surface area contributed by atoms with Crippen LogP contribution in [0.3, 0.4) is 0 Å². The lowest BCUT2D eigenvalue weighted by Gasteiger charge is -2.20. The van der Waals surface area contributed by atoms with Gasteiger partial charge in [-0.2, -0.15) is 0 Å². The maximum absolute atomic E-state index is 11.7. The van der Waals surface area contributed by atoms with Crippen molar-refractivity contribution in [2.75, 3.05) is 5.88 Å². The van der Waals surface area contributed by atoms with Crippen LogP contribution in [0, 0.1) is 5.92 Å². The van der Waals surface area contributed by atoms with Crippen LogP contribution in [-0.4, -0.2) is 17.8 Å². The van der Waals surface area contributed by atoms with Gasteiger partial charge in [0.2, 0.25) is 0 Å². The molecule has 90 valence electrons. The van der Waals surface area contributed by atoms with E-state index in [1.807, 2.05) is 13.8 Å². The highest BCUT2D eigenvalue weighted by Gasteiger charge is 2.18. The zero-order chi connectivity index (χ0) is 12.1. The number of rotatable bonds is 5. The first-order chi connectivity index (χ1) is 7.54. The average Bonchev–Trinajstić information content (AvgIpc) is 2.64. The average molecular weight is 264 g/mol. The van der Waals surface area contributed by atoms with E-state index in [4.69, 9.17) is 27.6 Å². The quantitative estimate of drug-likeness (QED) is 0.829. The molecule has 1 rings (SSSR count). The minimum absolute atomic E-state index is 0.0499. The van der Waals surface area contributed by atoms with Crippen molar-refractivity contribution in [3.05, 3.63) is 23.1 Å². The van der Waals surface area contributed by atoms with Crippen LogP contribution in [0.4, 0.5) is 0 Å². The fourth-order valence-electron chi connectivity index (χ4n) is 1.37. The lowest BCUT2D eigenvalue weighted by molar-refractivity contribution is 0.0897. The maximum atomic E-state index is 11.7. The highest BCUT2D eigenvalue weighted by Crippen LogP contribution is 2.14. The van der Waals surface area contributed by atoms with Crippen molar-refractivity contribution in [1.29, 1.82) is 0 Å². The summed E-state index contributed by atoms with van der Waals surface area (Å²) in [4.78, 5) is 11.7. The summed E-state index contributed by atoms with van der Waals surface area (Å²) in [5, 5.41) is 3.08. The van der Waals surface area contributed by atoms with Gasteiger partial charge >= 0.3 is 0 Å². The molecule has 0 saturated heterocycles. The Bertz CT molecular complexity index is 350. The van der Waals surface area contributed by atoms with Gasteiger partial charge in [0.15, 0.2) is 11.0 Å². The first-order valence-corrected chi connectivity index (χ1v) is 6.08. The number of carbonyl (C=O) groups is 1. The molecule has 0 bridgehead atoms. The number of alkyl halides is 1. The van der Waals surface area contributed by atoms with E-state index in [0.717, 1.165) is 6.42 Å². The summed E-state index contributed by atoms with van der Waals surface area (Å²) in [5.41, 5.74) is 0. The lowest BCUT2D eigenvalue weighted by Crippen LogP contribution is -2.38. The fourth-order valence-corrected chi connectivity index (χ4v) is 1.75. The Morgan fingerprint density at radius 2 is 2.19 bits per heavy atom. The molecule has 0 aliphatic heterocycles. The molecule has 0 fully saturated rings. The van der Waals surface area contributed by atoms with Crippen LogP contribution in [0.15, 0.2) is 16.5 Å². The van der Waals surface area contributed by atoms with E-state index >= 15 is 0 Å². The van der Waals surface area contributed by atoms with Crippen molar-refractivity contribution >= 4 is 29.1 Å². The van der Waals surface area contributed by atoms with Crippen molar-refractivity contribution in [2.45, 2.75) is 26.3 Å². The van der Waals surface area contributed by atoms with Crippen molar-refractivity contribution in [1.82, 2.24) is 5.32 Å². The number of amides is 1. The van der Waals surface area contributed by atoms with Gasteiger partial charge in [-0.3, -0.25) is 4.79 Å². The maximum Gasteiger partial charge on any atom is 0.287 e. The third kappa shape index (κ3) is 3.72. The molecule has 1 amide bonds. The molecule has 3 nitrogen and oxygen atoms in total. The minimum atomic E-state index is -0.254. The highest BCUT2D eigenvalue weighted by atomic mass is 35.5. The number of carbonyl (C=O) groups excluding carboxylic acids is 1. The number of hydrogen-bond donors (Lipinski definition) is 1. The summed E-state index contributed by atoms with van der Waals surface area (Å²) < 4.78 is 5.02. The molecule has 1 N–H and O–H groups in total. The summed E-state index contributed by atoms with van der Waals surface area (Å²) in [5.74, 6) is 0.816. The molecule has 0 aliphatic rings. The normalized spacial score (nSPS) is 12.8. The summed E-state index contributed by atoms with van der Waals surface area (Å²) in [7, 11) is 0. The standard InChI is InChI=1S/C11H15Cl2NO2/c1-7(2)8(5-6-12)14-11(15)9-3-4-10(13)16-9/h3-4,7-8H,5-6H2,1-2H3,(H,14,15). The summed E-state index contributed by atoms with van der Waals surface area (Å²) in [6.45, 7) is 4.07. The molecular formula is C11H15Cl2NO2. The van der Waals surface area contributed by atoms with E-state index < -0.39 is 0 Å². The highest BCUT2D eigenvalue weighted by molar-refractivity contribution is 6.29. The Balaban J connectivity index is 2.61. The minimum Gasteiger partial charge on any atom is -0.440 e. The van der Waals surface area contributed by atoms with Crippen molar-refractivity contribution in [3.8, 4) is 0 Å². The van der Waals surface area contributed by atoms with Gasteiger partial charge in [0.05, 0.1) is 0 Å². The molecule has 0 radical (unpaired) electrons. The molecule has 0 saturated carbocycles. The van der Waals surface area contributed by atoms with Gasteiger partial charge in [-0.1, -0.05) is 13.8 Å². The van der Waals surface area contributed by atoms with Crippen LogP contribution in [0.2, 0.25) is 5.22 Å². The molecule has 5 heteroatoms. The topological polar surface area (TPSA) is 42.2 Å². The Kier molecular flexibility index (Phi) is 5.16. The zero-order valence-corrected chi connectivity index (χ0v) is 10.8.